The number of carbonyl (C=O) groups excluding carboxylic acids is 2. The van der Waals surface area contributed by atoms with E-state index >= 15 is 0 Å². The minimum Gasteiger partial charge on any atom is -0.483 e. The van der Waals surface area contributed by atoms with Crippen molar-refractivity contribution >= 4 is 40.9 Å². The largest absolute Gasteiger partial charge is 0.483 e. The number of anilines is 2. The van der Waals surface area contributed by atoms with Crippen LogP contribution in [0.3, 0.4) is 0 Å². The van der Waals surface area contributed by atoms with Crippen LogP contribution in [-0.4, -0.2) is 18.4 Å². The molecule has 33 heavy (non-hydrogen) atoms. The molecule has 0 aliphatic rings. The quantitative estimate of drug-likeness (QED) is 0.359. The van der Waals surface area contributed by atoms with Crippen molar-refractivity contribution in [3.8, 4) is 11.8 Å². The number of ether oxygens (including phenoxy) is 1. The van der Waals surface area contributed by atoms with Crippen molar-refractivity contribution in [2.75, 3.05) is 17.2 Å². The molecule has 2 amide bonds. The molecule has 0 heterocycles. The number of nitriles is 1. The number of rotatable bonds is 7. The van der Waals surface area contributed by atoms with Gasteiger partial charge in [-0.05, 0) is 67.4 Å². The van der Waals surface area contributed by atoms with Crippen LogP contribution in [-0.2, 0) is 9.59 Å². The Balaban J connectivity index is 1.75. The topological polar surface area (TPSA) is 91.2 Å². The van der Waals surface area contributed by atoms with Crippen LogP contribution >= 0.6 is 11.6 Å². The summed E-state index contributed by atoms with van der Waals surface area (Å²) in [6.07, 6.45) is 1.38. The molecule has 0 saturated carbocycles. The van der Waals surface area contributed by atoms with E-state index in [0.29, 0.717) is 27.7 Å². The number of benzene rings is 3. The molecule has 3 aromatic rings. The number of aryl methyl sites for hydroxylation is 2. The molecule has 0 spiro atoms. The van der Waals surface area contributed by atoms with E-state index < -0.39 is 5.91 Å². The fourth-order valence-corrected chi connectivity index (χ4v) is 3.21. The zero-order valence-electron chi connectivity index (χ0n) is 18.2. The van der Waals surface area contributed by atoms with Crippen LogP contribution in [0.2, 0.25) is 5.02 Å². The van der Waals surface area contributed by atoms with E-state index in [2.05, 4.69) is 10.6 Å². The molecule has 3 aromatic carbocycles. The molecule has 166 valence electrons. The number of carbonyl (C=O) groups is 2. The highest BCUT2D eigenvalue weighted by atomic mass is 35.5. The van der Waals surface area contributed by atoms with Gasteiger partial charge in [-0.25, -0.2) is 0 Å². The highest BCUT2D eigenvalue weighted by Crippen LogP contribution is 2.26. The summed E-state index contributed by atoms with van der Waals surface area (Å²) >= 11 is 6.11. The molecule has 0 aliphatic carbocycles. The van der Waals surface area contributed by atoms with Gasteiger partial charge in [-0.3, -0.25) is 9.59 Å². The third-order valence-electron chi connectivity index (χ3n) is 4.69. The molecule has 7 heteroatoms. The maximum atomic E-state index is 12.7. The van der Waals surface area contributed by atoms with E-state index in [1.165, 1.54) is 6.08 Å². The standard InChI is InChI=1S/C26H22ClN3O3/c1-17-6-5-8-22(12-17)29-25(31)16-33-24-11-10-21(27)14-19(24)13-20(15-28)26(32)30-23-9-4-3-7-18(23)2/h3-14H,16H2,1-2H3,(H,29,31)(H,30,32)/b20-13+. The van der Waals surface area contributed by atoms with Gasteiger partial charge in [0, 0.05) is 22.0 Å². The lowest BCUT2D eigenvalue weighted by atomic mass is 10.1. The summed E-state index contributed by atoms with van der Waals surface area (Å²) in [6, 6.07) is 21.3. The van der Waals surface area contributed by atoms with E-state index in [-0.39, 0.29) is 18.1 Å². The minimum atomic E-state index is -0.560. The SMILES string of the molecule is Cc1cccc(NC(=O)COc2ccc(Cl)cc2/C=C(\C#N)C(=O)Nc2ccccc2C)c1. The van der Waals surface area contributed by atoms with E-state index in [1.807, 2.05) is 50.2 Å². The van der Waals surface area contributed by atoms with Gasteiger partial charge in [0.15, 0.2) is 6.61 Å². The smallest absolute Gasteiger partial charge is 0.266 e. The van der Waals surface area contributed by atoms with Crippen molar-refractivity contribution in [1.82, 2.24) is 0 Å². The Morgan fingerprint density at radius 1 is 1.03 bits per heavy atom. The van der Waals surface area contributed by atoms with Gasteiger partial charge in [0.2, 0.25) is 0 Å². The van der Waals surface area contributed by atoms with Crippen molar-refractivity contribution < 1.29 is 14.3 Å². The molecule has 0 saturated heterocycles. The molecule has 0 fully saturated rings. The average molecular weight is 460 g/mol. The fourth-order valence-electron chi connectivity index (χ4n) is 3.03. The number of nitrogens with one attached hydrogen (secondary N) is 2. The van der Waals surface area contributed by atoms with Crippen LogP contribution in [0.5, 0.6) is 5.75 Å². The number of para-hydroxylation sites is 1. The zero-order chi connectivity index (χ0) is 23.8. The average Bonchev–Trinajstić information content (AvgIpc) is 2.78. The maximum absolute atomic E-state index is 12.7. The van der Waals surface area contributed by atoms with Gasteiger partial charge in [0.1, 0.15) is 17.4 Å². The van der Waals surface area contributed by atoms with Crippen molar-refractivity contribution in [2.45, 2.75) is 13.8 Å². The number of halogens is 1. The number of amides is 2. The second kappa shape index (κ2) is 11.0. The Hall–Kier alpha value is -4.08. The lowest BCUT2D eigenvalue weighted by Crippen LogP contribution is -2.20. The third kappa shape index (κ3) is 6.70. The summed E-state index contributed by atoms with van der Waals surface area (Å²) < 4.78 is 5.66. The van der Waals surface area contributed by atoms with Crippen LogP contribution < -0.4 is 15.4 Å². The molecule has 3 rings (SSSR count). The number of hydrogen-bond acceptors (Lipinski definition) is 4. The molecule has 2 N–H and O–H groups in total. The van der Waals surface area contributed by atoms with Gasteiger partial charge in [0.25, 0.3) is 11.8 Å². The molecule has 0 aliphatic heterocycles. The highest BCUT2D eigenvalue weighted by Gasteiger charge is 2.14. The molecular formula is C26H22ClN3O3. The third-order valence-corrected chi connectivity index (χ3v) is 4.93. The van der Waals surface area contributed by atoms with Crippen molar-refractivity contribution in [3.63, 3.8) is 0 Å². The molecule has 0 radical (unpaired) electrons. The molecule has 6 nitrogen and oxygen atoms in total. The maximum Gasteiger partial charge on any atom is 0.266 e. The number of hydrogen-bond donors (Lipinski definition) is 2. The van der Waals surface area contributed by atoms with E-state index in [0.717, 1.165) is 11.1 Å². The summed E-state index contributed by atoms with van der Waals surface area (Å²) in [6.45, 7) is 3.53. The minimum absolute atomic E-state index is 0.130. The molecule has 0 bridgehead atoms. The normalized spacial score (nSPS) is 10.8. The summed E-state index contributed by atoms with van der Waals surface area (Å²) in [5, 5.41) is 15.4. The molecule has 0 aromatic heterocycles. The number of nitrogens with zero attached hydrogens (tertiary/aromatic N) is 1. The second-order valence-corrected chi connectivity index (χ2v) is 7.76. The van der Waals surface area contributed by atoms with Crippen LogP contribution in [0.4, 0.5) is 11.4 Å². The zero-order valence-corrected chi connectivity index (χ0v) is 18.9. The fraction of sp³-hybridized carbons (Fsp3) is 0.115. The van der Waals surface area contributed by atoms with Gasteiger partial charge in [-0.2, -0.15) is 5.26 Å². The Bertz CT molecular complexity index is 1260. The van der Waals surface area contributed by atoms with Crippen LogP contribution in [0, 0.1) is 25.2 Å². The first-order valence-corrected chi connectivity index (χ1v) is 10.5. The van der Waals surface area contributed by atoms with Gasteiger partial charge in [0.05, 0.1) is 0 Å². The Morgan fingerprint density at radius 2 is 1.82 bits per heavy atom. The van der Waals surface area contributed by atoms with Crippen LogP contribution in [0.25, 0.3) is 6.08 Å². The van der Waals surface area contributed by atoms with Crippen LogP contribution in [0.1, 0.15) is 16.7 Å². The van der Waals surface area contributed by atoms with Gasteiger partial charge in [-0.1, -0.05) is 41.9 Å². The lowest BCUT2D eigenvalue weighted by Gasteiger charge is -2.11. The predicted octanol–water partition coefficient (Wildman–Crippen LogP) is 5.52. The molecule has 0 unspecified atom stereocenters. The van der Waals surface area contributed by atoms with Crippen molar-refractivity contribution in [2.24, 2.45) is 0 Å². The second-order valence-electron chi connectivity index (χ2n) is 7.33. The van der Waals surface area contributed by atoms with E-state index in [1.54, 1.807) is 36.4 Å². The lowest BCUT2D eigenvalue weighted by molar-refractivity contribution is -0.118. The van der Waals surface area contributed by atoms with Crippen LogP contribution in [0.15, 0.2) is 72.3 Å². The Kier molecular flexibility index (Phi) is 7.85. The van der Waals surface area contributed by atoms with E-state index in [9.17, 15) is 14.9 Å². The Morgan fingerprint density at radius 3 is 2.55 bits per heavy atom. The van der Waals surface area contributed by atoms with Gasteiger partial charge < -0.3 is 15.4 Å². The van der Waals surface area contributed by atoms with E-state index in [4.69, 9.17) is 16.3 Å². The van der Waals surface area contributed by atoms with Crippen molar-refractivity contribution in [3.05, 3.63) is 94.0 Å². The van der Waals surface area contributed by atoms with Crippen molar-refractivity contribution in [1.29, 1.82) is 5.26 Å². The Labute approximate surface area is 197 Å². The molecule has 0 atom stereocenters. The first-order chi connectivity index (χ1) is 15.9. The first-order valence-electron chi connectivity index (χ1n) is 10.1. The van der Waals surface area contributed by atoms with Gasteiger partial charge >= 0.3 is 0 Å². The van der Waals surface area contributed by atoms with Gasteiger partial charge in [-0.15, -0.1) is 0 Å². The highest BCUT2D eigenvalue weighted by molar-refractivity contribution is 6.30. The first kappa shape index (κ1) is 23.6. The summed E-state index contributed by atoms with van der Waals surface area (Å²) in [5.41, 5.74) is 3.44. The molecular weight excluding hydrogens is 438 g/mol. The summed E-state index contributed by atoms with van der Waals surface area (Å²) in [4.78, 5) is 25.0. The summed E-state index contributed by atoms with van der Waals surface area (Å²) in [7, 11) is 0. The summed E-state index contributed by atoms with van der Waals surface area (Å²) in [5.74, 6) is -0.589. The monoisotopic (exact) mass is 459 g/mol. The predicted molar refractivity (Wildman–Crippen MR) is 130 cm³/mol.